The Labute approximate surface area is 154 Å². The first-order chi connectivity index (χ1) is 12.7. The molecule has 0 aromatic heterocycles. The number of amides is 2. The van der Waals surface area contributed by atoms with E-state index in [0.29, 0.717) is 17.2 Å². The molecule has 0 aliphatic carbocycles. The van der Waals surface area contributed by atoms with Gasteiger partial charge in [-0.3, -0.25) is 0 Å². The summed E-state index contributed by atoms with van der Waals surface area (Å²) in [5.41, 5.74) is 2.59. The molecule has 1 saturated heterocycles. The molecule has 0 unspecified atom stereocenters. The van der Waals surface area contributed by atoms with Gasteiger partial charge in [-0.05, 0) is 55.7 Å². The number of piperidine rings is 1. The second-order valence-electron chi connectivity index (χ2n) is 6.24. The normalized spacial score (nSPS) is 13.8. The number of anilines is 3. The lowest BCUT2D eigenvalue weighted by molar-refractivity contribution is 0.262. The van der Waals surface area contributed by atoms with Crippen LogP contribution < -0.4 is 25.0 Å². The van der Waals surface area contributed by atoms with Gasteiger partial charge in [0.15, 0.2) is 11.5 Å². The molecule has 26 heavy (non-hydrogen) atoms. The number of methoxy groups -OCH3 is 2. The molecule has 0 spiro atoms. The largest absolute Gasteiger partial charge is 0.493 e. The van der Waals surface area contributed by atoms with E-state index in [9.17, 15) is 4.79 Å². The quantitative estimate of drug-likeness (QED) is 0.837. The summed E-state index contributed by atoms with van der Waals surface area (Å²) in [7, 11) is 3.14. The Balaban J connectivity index is 1.59. The molecule has 6 nitrogen and oxygen atoms in total. The van der Waals surface area contributed by atoms with E-state index in [1.54, 1.807) is 32.4 Å². The summed E-state index contributed by atoms with van der Waals surface area (Å²) in [6, 6.07) is 12.9. The summed E-state index contributed by atoms with van der Waals surface area (Å²) >= 11 is 0. The van der Waals surface area contributed by atoms with Gasteiger partial charge in [-0.15, -0.1) is 0 Å². The molecule has 2 amide bonds. The minimum Gasteiger partial charge on any atom is -0.493 e. The van der Waals surface area contributed by atoms with Crippen molar-refractivity contribution < 1.29 is 14.3 Å². The van der Waals surface area contributed by atoms with Gasteiger partial charge in [0.05, 0.1) is 14.2 Å². The summed E-state index contributed by atoms with van der Waals surface area (Å²) < 4.78 is 10.4. The summed E-state index contributed by atoms with van der Waals surface area (Å²) in [5, 5.41) is 5.64. The van der Waals surface area contributed by atoms with Gasteiger partial charge in [-0.25, -0.2) is 4.79 Å². The second-order valence-corrected chi connectivity index (χ2v) is 6.24. The molecule has 138 valence electrons. The van der Waals surface area contributed by atoms with Crippen LogP contribution >= 0.6 is 0 Å². The average molecular weight is 355 g/mol. The molecular weight excluding hydrogens is 330 g/mol. The van der Waals surface area contributed by atoms with Crippen LogP contribution in [0.3, 0.4) is 0 Å². The predicted molar refractivity (Wildman–Crippen MR) is 105 cm³/mol. The summed E-state index contributed by atoms with van der Waals surface area (Å²) in [6.07, 6.45) is 3.80. The van der Waals surface area contributed by atoms with Gasteiger partial charge in [0.25, 0.3) is 0 Å². The van der Waals surface area contributed by atoms with E-state index in [1.807, 2.05) is 12.1 Å². The van der Waals surface area contributed by atoms with E-state index in [4.69, 9.17) is 9.47 Å². The van der Waals surface area contributed by atoms with Gasteiger partial charge < -0.3 is 25.0 Å². The highest BCUT2D eigenvalue weighted by atomic mass is 16.5. The molecule has 0 saturated carbocycles. The molecule has 0 bridgehead atoms. The van der Waals surface area contributed by atoms with Crippen LogP contribution in [0.15, 0.2) is 42.5 Å². The van der Waals surface area contributed by atoms with Crippen molar-refractivity contribution in [2.75, 3.05) is 42.8 Å². The van der Waals surface area contributed by atoms with Crippen molar-refractivity contribution in [3.63, 3.8) is 0 Å². The Morgan fingerprint density at radius 1 is 0.846 bits per heavy atom. The van der Waals surface area contributed by atoms with Gasteiger partial charge in [0.1, 0.15) is 0 Å². The van der Waals surface area contributed by atoms with Gasteiger partial charge in [-0.2, -0.15) is 0 Å². The molecule has 2 aromatic rings. The number of hydrogen-bond acceptors (Lipinski definition) is 4. The Bertz CT molecular complexity index is 740. The number of urea groups is 1. The van der Waals surface area contributed by atoms with Crippen molar-refractivity contribution >= 4 is 23.1 Å². The Morgan fingerprint density at radius 2 is 1.46 bits per heavy atom. The fourth-order valence-corrected chi connectivity index (χ4v) is 3.12. The molecule has 1 aliphatic heterocycles. The second kappa shape index (κ2) is 8.47. The van der Waals surface area contributed by atoms with Crippen molar-refractivity contribution in [3.8, 4) is 11.5 Å². The number of rotatable bonds is 5. The lowest BCUT2D eigenvalue weighted by Gasteiger charge is -2.28. The number of carbonyl (C=O) groups excluding carboxylic acids is 1. The zero-order valence-electron chi connectivity index (χ0n) is 15.2. The lowest BCUT2D eigenvalue weighted by Crippen LogP contribution is -2.29. The smallest absolute Gasteiger partial charge is 0.323 e. The van der Waals surface area contributed by atoms with E-state index in [1.165, 1.54) is 24.9 Å². The Hall–Kier alpha value is -2.89. The third-order valence-corrected chi connectivity index (χ3v) is 4.49. The van der Waals surface area contributed by atoms with Crippen LogP contribution in [0.1, 0.15) is 19.3 Å². The number of hydrogen-bond donors (Lipinski definition) is 2. The van der Waals surface area contributed by atoms with E-state index in [-0.39, 0.29) is 6.03 Å². The molecular formula is C20H25N3O3. The molecule has 3 rings (SSSR count). The standard InChI is InChI=1S/C20H25N3O3/c1-25-18-11-8-16(14-19(18)26-2)22-20(24)21-15-6-9-17(10-7-15)23-12-4-3-5-13-23/h6-11,14H,3-5,12-13H2,1-2H3,(H2,21,22,24). The van der Waals surface area contributed by atoms with Crippen LogP contribution in [0, 0.1) is 0 Å². The van der Waals surface area contributed by atoms with Crippen molar-refractivity contribution in [2.24, 2.45) is 0 Å². The maximum Gasteiger partial charge on any atom is 0.323 e. The summed E-state index contributed by atoms with van der Waals surface area (Å²) in [6.45, 7) is 2.21. The predicted octanol–water partition coefficient (Wildman–Crippen LogP) is 4.34. The molecule has 0 radical (unpaired) electrons. The van der Waals surface area contributed by atoms with Crippen molar-refractivity contribution in [1.82, 2.24) is 0 Å². The molecule has 1 fully saturated rings. The first-order valence-electron chi connectivity index (χ1n) is 8.84. The van der Waals surface area contributed by atoms with Crippen LogP contribution in [0.5, 0.6) is 11.5 Å². The number of nitrogens with one attached hydrogen (secondary N) is 2. The van der Waals surface area contributed by atoms with Crippen LogP contribution in [0.4, 0.5) is 21.9 Å². The first kappa shape index (κ1) is 17.9. The van der Waals surface area contributed by atoms with Crippen LogP contribution in [0.2, 0.25) is 0 Å². The highest BCUT2D eigenvalue weighted by Gasteiger charge is 2.11. The minimum atomic E-state index is -0.303. The third kappa shape index (κ3) is 4.39. The van der Waals surface area contributed by atoms with E-state index >= 15 is 0 Å². The van der Waals surface area contributed by atoms with Crippen molar-refractivity contribution in [2.45, 2.75) is 19.3 Å². The van der Waals surface area contributed by atoms with Crippen molar-refractivity contribution in [3.05, 3.63) is 42.5 Å². The maximum atomic E-state index is 12.2. The molecule has 2 N–H and O–H groups in total. The SMILES string of the molecule is COc1ccc(NC(=O)Nc2ccc(N3CCCCC3)cc2)cc1OC. The van der Waals surface area contributed by atoms with Gasteiger partial charge >= 0.3 is 6.03 Å². The fourth-order valence-electron chi connectivity index (χ4n) is 3.12. The molecule has 6 heteroatoms. The monoisotopic (exact) mass is 355 g/mol. The van der Waals surface area contributed by atoms with E-state index in [0.717, 1.165) is 18.8 Å². The van der Waals surface area contributed by atoms with Crippen LogP contribution in [-0.2, 0) is 0 Å². The number of ether oxygens (including phenoxy) is 2. The Morgan fingerprint density at radius 3 is 2.12 bits per heavy atom. The topological polar surface area (TPSA) is 62.8 Å². The number of nitrogens with zero attached hydrogens (tertiary/aromatic N) is 1. The van der Waals surface area contributed by atoms with Crippen LogP contribution in [0.25, 0.3) is 0 Å². The molecule has 2 aromatic carbocycles. The number of carbonyl (C=O) groups is 1. The maximum absolute atomic E-state index is 12.2. The number of benzene rings is 2. The lowest BCUT2D eigenvalue weighted by atomic mass is 10.1. The molecule has 1 aliphatic rings. The fraction of sp³-hybridized carbons (Fsp3) is 0.350. The first-order valence-corrected chi connectivity index (χ1v) is 8.84. The highest BCUT2D eigenvalue weighted by molar-refractivity contribution is 6.00. The van der Waals surface area contributed by atoms with Gasteiger partial charge in [0, 0.05) is 36.2 Å². The van der Waals surface area contributed by atoms with Crippen molar-refractivity contribution in [1.29, 1.82) is 0 Å². The van der Waals surface area contributed by atoms with E-state index in [2.05, 4.69) is 27.7 Å². The zero-order valence-corrected chi connectivity index (χ0v) is 15.2. The molecule has 0 atom stereocenters. The summed E-state index contributed by atoms with van der Waals surface area (Å²) in [4.78, 5) is 14.6. The third-order valence-electron chi connectivity index (χ3n) is 4.49. The van der Waals surface area contributed by atoms with Crippen LogP contribution in [-0.4, -0.2) is 33.3 Å². The van der Waals surface area contributed by atoms with E-state index < -0.39 is 0 Å². The summed E-state index contributed by atoms with van der Waals surface area (Å²) in [5.74, 6) is 1.18. The van der Waals surface area contributed by atoms with Gasteiger partial charge in [-0.1, -0.05) is 0 Å². The minimum absolute atomic E-state index is 0.303. The zero-order chi connectivity index (χ0) is 18.4. The van der Waals surface area contributed by atoms with Gasteiger partial charge in [0.2, 0.25) is 0 Å². The Kier molecular flexibility index (Phi) is 5.84. The highest BCUT2D eigenvalue weighted by Crippen LogP contribution is 2.29. The molecule has 1 heterocycles. The average Bonchev–Trinajstić information content (AvgIpc) is 2.69.